The van der Waals surface area contributed by atoms with Crippen molar-refractivity contribution in [1.82, 2.24) is 0 Å². The molecule has 0 spiro atoms. The monoisotopic (exact) mass is 410 g/mol. The van der Waals surface area contributed by atoms with Crippen molar-refractivity contribution in [3.63, 3.8) is 0 Å². The third kappa shape index (κ3) is 8.94. The van der Waals surface area contributed by atoms with Crippen molar-refractivity contribution in [1.29, 1.82) is 0 Å². The third-order valence-electron chi connectivity index (χ3n) is 6.44. The number of ether oxygens (including phenoxy) is 2. The molecule has 0 aromatic carbocycles. The highest BCUT2D eigenvalue weighted by atomic mass is 28.4. The van der Waals surface area contributed by atoms with E-state index < -0.39 is 8.32 Å². The maximum atomic E-state index is 6.25. The van der Waals surface area contributed by atoms with Gasteiger partial charge in [0.15, 0.2) is 14.6 Å². The number of hydrogen-bond acceptors (Lipinski definition) is 3. The Morgan fingerprint density at radius 1 is 1.04 bits per heavy atom. The minimum absolute atomic E-state index is 0.00104. The van der Waals surface area contributed by atoms with Gasteiger partial charge in [0.2, 0.25) is 0 Å². The average molecular weight is 411 g/mol. The van der Waals surface area contributed by atoms with Crippen LogP contribution >= 0.6 is 0 Å². The molecule has 1 atom stereocenters. The van der Waals surface area contributed by atoms with E-state index in [9.17, 15) is 0 Å². The summed E-state index contributed by atoms with van der Waals surface area (Å²) in [6.45, 7) is 22.8. The molecule has 1 aliphatic rings. The van der Waals surface area contributed by atoms with Crippen molar-refractivity contribution in [3.8, 4) is 0 Å². The normalized spacial score (nSPS) is 18.9. The molecule has 0 N–H and O–H groups in total. The van der Waals surface area contributed by atoms with Crippen LogP contribution in [0.3, 0.4) is 0 Å². The lowest BCUT2D eigenvalue weighted by atomic mass is 9.89. The van der Waals surface area contributed by atoms with E-state index in [1.54, 1.807) is 0 Å². The Bertz CT molecular complexity index is 508. The summed E-state index contributed by atoms with van der Waals surface area (Å²) in [6.07, 6.45) is 9.16. The summed E-state index contributed by atoms with van der Waals surface area (Å²) < 4.78 is 17.7. The van der Waals surface area contributed by atoms with Crippen molar-refractivity contribution >= 4 is 8.32 Å². The topological polar surface area (TPSA) is 27.7 Å². The van der Waals surface area contributed by atoms with Crippen LogP contribution in [0.2, 0.25) is 18.1 Å². The molecule has 1 fully saturated rings. The molecule has 1 rings (SSSR count). The fourth-order valence-electron chi connectivity index (χ4n) is 3.16. The number of hydrogen-bond donors (Lipinski definition) is 0. The molecule has 0 aromatic heterocycles. The third-order valence-corrected chi connectivity index (χ3v) is 10.9. The summed E-state index contributed by atoms with van der Waals surface area (Å²) >= 11 is 0. The van der Waals surface area contributed by atoms with Gasteiger partial charge in [-0.15, -0.1) is 0 Å². The molecule has 0 amide bonds. The van der Waals surface area contributed by atoms with Gasteiger partial charge in [-0.25, -0.2) is 0 Å². The molecule has 1 unspecified atom stereocenters. The number of allylic oxidation sites excluding steroid dienone is 3. The molecule has 164 valence electrons. The van der Waals surface area contributed by atoms with Crippen molar-refractivity contribution in [2.75, 3.05) is 19.8 Å². The maximum Gasteiger partial charge on any atom is 0.192 e. The lowest BCUT2D eigenvalue weighted by Gasteiger charge is -2.35. The van der Waals surface area contributed by atoms with Crippen LogP contribution in [0.15, 0.2) is 23.3 Å². The van der Waals surface area contributed by atoms with E-state index in [0.29, 0.717) is 11.8 Å². The molecule has 1 aliphatic heterocycles. The van der Waals surface area contributed by atoms with Crippen LogP contribution < -0.4 is 0 Å². The first-order valence-electron chi connectivity index (χ1n) is 11.1. The van der Waals surface area contributed by atoms with Gasteiger partial charge < -0.3 is 13.9 Å². The second-order valence-corrected chi connectivity index (χ2v) is 15.1. The minimum atomic E-state index is -1.64. The molecule has 4 heteroatoms. The van der Waals surface area contributed by atoms with Gasteiger partial charge in [0.05, 0.1) is 19.8 Å². The summed E-state index contributed by atoms with van der Waals surface area (Å²) in [5, 5.41) is 0.275. The van der Waals surface area contributed by atoms with Crippen molar-refractivity contribution in [2.45, 2.75) is 98.6 Å². The molecular formula is C24H46O3Si. The Kier molecular flexibility index (Phi) is 10.7. The fourth-order valence-corrected chi connectivity index (χ4v) is 4.09. The van der Waals surface area contributed by atoms with E-state index in [0.717, 1.165) is 45.5 Å². The van der Waals surface area contributed by atoms with E-state index >= 15 is 0 Å². The molecule has 0 bridgehead atoms. The van der Waals surface area contributed by atoms with Crippen LogP contribution in [0.5, 0.6) is 0 Å². The highest BCUT2D eigenvalue weighted by Gasteiger charge is 2.36. The second kappa shape index (κ2) is 11.7. The van der Waals surface area contributed by atoms with Crippen LogP contribution in [0, 0.1) is 11.8 Å². The van der Waals surface area contributed by atoms with E-state index in [1.807, 2.05) is 0 Å². The predicted molar refractivity (Wildman–Crippen MR) is 123 cm³/mol. The molecule has 0 radical (unpaired) electrons. The lowest BCUT2D eigenvalue weighted by Crippen LogP contribution is -2.40. The molecule has 0 aromatic rings. The van der Waals surface area contributed by atoms with Crippen LogP contribution in [0.1, 0.15) is 74.1 Å². The van der Waals surface area contributed by atoms with Crippen LogP contribution in [-0.4, -0.2) is 34.4 Å². The van der Waals surface area contributed by atoms with Crippen molar-refractivity contribution in [2.24, 2.45) is 11.8 Å². The Hall–Kier alpha value is -0.423. The predicted octanol–water partition coefficient (Wildman–Crippen LogP) is 7.11. The molecule has 1 saturated heterocycles. The van der Waals surface area contributed by atoms with Gasteiger partial charge in [-0.05, 0) is 63.6 Å². The molecule has 0 saturated carbocycles. The SMILES string of the molecule is C/C(=C\CO[Si](C)(C)C(C)(C)C)CC/C=C(\C)CCC(C(C)C)C1OCCO1. The standard InChI is InChI=1S/C24H46O3Si/c1-19(2)22(23-25-17-18-26-23)14-13-20(3)11-10-12-21(4)15-16-27-28(8,9)24(5,6)7/h11,15,19,22-23H,10,12-14,16-18H2,1-9H3/b20-11+,21-15+. The van der Waals surface area contributed by atoms with E-state index in [2.05, 4.69) is 73.7 Å². The number of rotatable bonds is 11. The van der Waals surface area contributed by atoms with Gasteiger partial charge in [0.25, 0.3) is 0 Å². The fraction of sp³-hybridized carbons (Fsp3) is 0.833. The summed E-state index contributed by atoms with van der Waals surface area (Å²) in [4.78, 5) is 0. The van der Waals surface area contributed by atoms with Gasteiger partial charge in [-0.1, -0.05) is 57.9 Å². The summed E-state index contributed by atoms with van der Waals surface area (Å²) in [6, 6.07) is 0. The zero-order valence-electron chi connectivity index (χ0n) is 20.1. The molecule has 28 heavy (non-hydrogen) atoms. The highest BCUT2D eigenvalue weighted by molar-refractivity contribution is 6.74. The Morgan fingerprint density at radius 3 is 2.14 bits per heavy atom. The lowest BCUT2D eigenvalue weighted by molar-refractivity contribution is -0.0977. The minimum Gasteiger partial charge on any atom is -0.413 e. The van der Waals surface area contributed by atoms with E-state index in [4.69, 9.17) is 13.9 Å². The van der Waals surface area contributed by atoms with Gasteiger partial charge in [-0.2, -0.15) is 0 Å². The van der Waals surface area contributed by atoms with Crippen molar-refractivity contribution in [3.05, 3.63) is 23.3 Å². The molecule has 1 heterocycles. The first kappa shape index (κ1) is 25.6. The Balaban J connectivity index is 2.36. The second-order valence-electron chi connectivity index (χ2n) is 10.3. The molecular weight excluding hydrogens is 364 g/mol. The summed E-state index contributed by atoms with van der Waals surface area (Å²) in [5.41, 5.74) is 2.91. The van der Waals surface area contributed by atoms with Gasteiger partial charge >= 0.3 is 0 Å². The van der Waals surface area contributed by atoms with Crippen LogP contribution in [0.25, 0.3) is 0 Å². The van der Waals surface area contributed by atoms with Crippen LogP contribution in [-0.2, 0) is 13.9 Å². The molecule has 0 aliphatic carbocycles. The van der Waals surface area contributed by atoms with E-state index in [1.165, 1.54) is 11.1 Å². The smallest absolute Gasteiger partial charge is 0.192 e. The Labute approximate surface area is 176 Å². The average Bonchev–Trinajstić information content (AvgIpc) is 3.07. The quantitative estimate of drug-likeness (QED) is 0.268. The Morgan fingerprint density at radius 2 is 1.61 bits per heavy atom. The summed E-state index contributed by atoms with van der Waals surface area (Å²) in [7, 11) is -1.64. The van der Waals surface area contributed by atoms with Gasteiger partial charge in [0.1, 0.15) is 0 Å². The first-order valence-corrected chi connectivity index (χ1v) is 14.0. The summed E-state index contributed by atoms with van der Waals surface area (Å²) in [5.74, 6) is 1.07. The van der Waals surface area contributed by atoms with Gasteiger partial charge in [0, 0.05) is 5.92 Å². The maximum absolute atomic E-state index is 6.25. The van der Waals surface area contributed by atoms with Crippen molar-refractivity contribution < 1.29 is 13.9 Å². The zero-order valence-corrected chi connectivity index (χ0v) is 21.1. The largest absolute Gasteiger partial charge is 0.413 e. The first-order chi connectivity index (χ1) is 12.9. The van der Waals surface area contributed by atoms with Gasteiger partial charge in [-0.3, -0.25) is 0 Å². The zero-order chi connectivity index (χ0) is 21.4. The van der Waals surface area contributed by atoms with E-state index in [-0.39, 0.29) is 11.3 Å². The highest BCUT2D eigenvalue weighted by Crippen LogP contribution is 2.36. The van der Waals surface area contributed by atoms with Crippen LogP contribution in [0.4, 0.5) is 0 Å². The molecule has 3 nitrogen and oxygen atoms in total.